The number of nitrogens with zero attached hydrogens (tertiary/aromatic N) is 2. The fourth-order valence-corrected chi connectivity index (χ4v) is 2.53. The van der Waals surface area contributed by atoms with E-state index in [0.29, 0.717) is 10.6 Å². The molecule has 0 aromatic carbocycles. The maximum absolute atomic E-state index is 12.0. The molecule has 0 aliphatic carbocycles. The minimum Gasteiger partial charge on any atom is -0.477 e. The lowest BCUT2D eigenvalue weighted by atomic mass is 10.3. The van der Waals surface area contributed by atoms with E-state index in [0.717, 1.165) is 11.3 Å². The van der Waals surface area contributed by atoms with Gasteiger partial charge in [-0.1, -0.05) is 0 Å². The summed E-state index contributed by atoms with van der Waals surface area (Å²) in [6.07, 6.45) is 3.30. The van der Waals surface area contributed by atoms with Crippen LogP contribution in [0.25, 0.3) is 0 Å². The molecule has 6 nitrogen and oxygen atoms in total. The summed E-state index contributed by atoms with van der Waals surface area (Å²) in [7, 11) is 0. The Kier molecular flexibility index (Phi) is 3.66. The van der Waals surface area contributed by atoms with Gasteiger partial charge in [-0.05, 0) is 31.5 Å². The average molecular weight is 279 g/mol. The number of carboxylic acid groups (broad SMARTS) is 1. The van der Waals surface area contributed by atoms with Crippen LogP contribution >= 0.6 is 11.3 Å². The van der Waals surface area contributed by atoms with E-state index in [4.69, 9.17) is 5.11 Å². The summed E-state index contributed by atoms with van der Waals surface area (Å²) in [4.78, 5) is 23.2. The molecule has 0 bridgehead atoms. The third-order valence-electron chi connectivity index (χ3n) is 2.66. The van der Waals surface area contributed by atoms with E-state index in [9.17, 15) is 9.59 Å². The van der Waals surface area contributed by atoms with Gasteiger partial charge in [0, 0.05) is 12.4 Å². The maximum Gasteiger partial charge on any atom is 0.346 e. The van der Waals surface area contributed by atoms with Gasteiger partial charge in [0.25, 0.3) is 0 Å². The van der Waals surface area contributed by atoms with Gasteiger partial charge in [0.05, 0.1) is 5.00 Å². The first-order chi connectivity index (χ1) is 8.99. The number of amides is 1. The van der Waals surface area contributed by atoms with Crippen LogP contribution in [0.3, 0.4) is 0 Å². The van der Waals surface area contributed by atoms with Crippen molar-refractivity contribution in [2.24, 2.45) is 0 Å². The molecule has 0 saturated carbocycles. The molecule has 0 aliphatic rings. The van der Waals surface area contributed by atoms with Crippen molar-refractivity contribution in [1.82, 2.24) is 9.78 Å². The minimum atomic E-state index is -0.983. The Hall–Kier alpha value is -2.15. The first-order valence-corrected chi connectivity index (χ1v) is 6.44. The van der Waals surface area contributed by atoms with Crippen LogP contribution in [-0.4, -0.2) is 26.8 Å². The molecule has 19 heavy (non-hydrogen) atoms. The van der Waals surface area contributed by atoms with Crippen molar-refractivity contribution in [2.45, 2.75) is 19.9 Å². The third-order valence-corrected chi connectivity index (χ3v) is 3.80. The van der Waals surface area contributed by atoms with Gasteiger partial charge < -0.3 is 10.4 Å². The lowest BCUT2D eigenvalue weighted by Gasteiger charge is -2.11. The van der Waals surface area contributed by atoms with Crippen LogP contribution < -0.4 is 5.32 Å². The second kappa shape index (κ2) is 5.23. The highest BCUT2D eigenvalue weighted by atomic mass is 32.1. The molecular weight excluding hydrogens is 266 g/mol. The van der Waals surface area contributed by atoms with Crippen LogP contribution in [0.4, 0.5) is 5.00 Å². The second-order valence-electron chi connectivity index (χ2n) is 4.08. The first-order valence-electron chi connectivity index (χ1n) is 5.62. The molecule has 2 rings (SSSR count). The van der Waals surface area contributed by atoms with Gasteiger partial charge in [0.2, 0.25) is 5.91 Å². The van der Waals surface area contributed by atoms with E-state index in [-0.39, 0.29) is 10.8 Å². The third kappa shape index (κ3) is 2.82. The lowest BCUT2D eigenvalue weighted by molar-refractivity contribution is -0.119. The summed E-state index contributed by atoms with van der Waals surface area (Å²) < 4.78 is 1.54. The number of hydrogen-bond acceptors (Lipinski definition) is 4. The Labute approximate surface area is 113 Å². The maximum atomic E-state index is 12.0. The number of hydrogen-bond donors (Lipinski definition) is 2. The molecule has 2 aromatic rings. The van der Waals surface area contributed by atoms with Gasteiger partial charge in [-0.15, -0.1) is 11.3 Å². The minimum absolute atomic E-state index is 0.234. The van der Waals surface area contributed by atoms with Gasteiger partial charge in [-0.25, -0.2) is 4.79 Å². The smallest absolute Gasteiger partial charge is 0.346 e. The van der Waals surface area contributed by atoms with Crippen LogP contribution in [-0.2, 0) is 4.79 Å². The van der Waals surface area contributed by atoms with E-state index in [2.05, 4.69) is 10.4 Å². The molecule has 7 heteroatoms. The summed E-state index contributed by atoms with van der Waals surface area (Å²) in [5.41, 5.74) is 0.638. The lowest BCUT2D eigenvalue weighted by Crippen LogP contribution is -2.23. The number of thiophene rings is 1. The zero-order valence-corrected chi connectivity index (χ0v) is 11.3. The summed E-state index contributed by atoms with van der Waals surface area (Å²) in [5.74, 6) is -1.22. The highest BCUT2D eigenvalue weighted by Crippen LogP contribution is 2.27. The molecular formula is C12H13N3O3S. The number of carbonyl (C=O) groups excluding carboxylic acids is 1. The average Bonchev–Trinajstić information content (AvgIpc) is 2.97. The molecule has 2 N–H and O–H groups in total. The molecule has 1 amide bonds. The number of aromatic nitrogens is 2. The fraction of sp³-hybridized carbons (Fsp3) is 0.250. The predicted molar refractivity (Wildman–Crippen MR) is 71.6 cm³/mol. The van der Waals surface area contributed by atoms with Crippen molar-refractivity contribution < 1.29 is 14.7 Å². The quantitative estimate of drug-likeness (QED) is 0.898. The van der Waals surface area contributed by atoms with Crippen LogP contribution in [0.2, 0.25) is 0 Å². The Morgan fingerprint density at radius 3 is 2.79 bits per heavy atom. The number of carbonyl (C=O) groups is 2. The van der Waals surface area contributed by atoms with Crippen molar-refractivity contribution >= 4 is 28.2 Å². The molecule has 1 unspecified atom stereocenters. The van der Waals surface area contributed by atoms with Gasteiger partial charge in [0.1, 0.15) is 10.9 Å². The first kappa shape index (κ1) is 13.3. The number of aromatic carboxylic acids is 1. The SMILES string of the molecule is Cc1cc(NC(=O)C(C)n2cccn2)sc1C(=O)O. The Balaban J connectivity index is 2.11. The Morgan fingerprint density at radius 2 is 2.26 bits per heavy atom. The van der Waals surface area contributed by atoms with Crippen molar-refractivity contribution in [3.8, 4) is 0 Å². The molecule has 0 spiro atoms. The number of aryl methyl sites for hydroxylation is 1. The highest BCUT2D eigenvalue weighted by molar-refractivity contribution is 7.18. The molecule has 100 valence electrons. The molecule has 0 aliphatic heterocycles. The van der Waals surface area contributed by atoms with E-state index in [1.54, 1.807) is 38.4 Å². The molecule has 0 radical (unpaired) electrons. The Morgan fingerprint density at radius 1 is 1.53 bits per heavy atom. The monoisotopic (exact) mass is 279 g/mol. The van der Waals surface area contributed by atoms with Crippen LogP contribution in [0.5, 0.6) is 0 Å². The second-order valence-corrected chi connectivity index (χ2v) is 5.13. The summed E-state index contributed by atoms with van der Waals surface area (Å²) in [5, 5.41) is 16.2. The summed E-state index contributed by atoms with van der Waals surface area (Å²) in [6.45, 7) is 3.42. The molecule has 0 fully saturated rings. The van der Waals surface area contributed by atoms with E-state index >= 15 is 0 Å². The normalized spacial score (nSPS) is 12.1. The largest absolute Gasteiger partial charge is 0.477 e. The van der Waals surface area contributed by atoms with Crippen LogP contribution in [0, 0.1) is 6.92 Å². The molecule has 1 atom stereocenters. The van der Waals surface area contributed by atoms with Crippen molar-refractivity contribution in [1.29, 1.82) is 0 Å². The summed E-state index contributed by atoms with van der Waals surface area (Å²) in [6, 6.07) is 2.94. The van der Waals surface area contributed by atoms with E-state index in [1.165, 1.54) is 4.68 Å². The predicted octanol–water partition coefficient (Wildman–Crippen LogP) is 2.15. The number of nitrogens with one attached hydrogen (secondary N) is 1. The zero-order chi connectivity index (χ0) is 14.0. The van der Waals surface area contributed by atoms with Crippen molar-refractivity contribution in [3.05, 3.63) is 35.0 Å². The molecule has 2 heterocycles. The number of anilines is 1. The van der Waals surface area contributed by atoms with Crippen molar-refractivity contribution in [3.63, 3.8) is 0 Å². The standard InChI is InChI=1S/C12H13N3O3S/c1-7-6-9(19-10(7)12(17)18)14-11(16)8(2)15-5-3-4-13-15/h3-6,8H,1-2H3,(H,14,16)(H,17,18). The Bertz CT molecular complexity index is 604. The van der Waals surface area contributed by atoms with E-state index < -0.39 is 12.0 Å². The van der Waals surface area contributed by atoms with Gasteiger partial charge in [-0.2, -0.15) is 5.10 Å². The van der Waals surface area contributed by atoms with Crippen LogP contribution in [0.1, 0.15) is 28.2 Å². The number of rotatable bonds is 4. The number of carboxylic acids is 1. The zero-order valence-electron chi connectivity index (χ0n) is 10.5. The summed E-state index contributed by atoms with van der Waals surface area (Å²) >= 11 is 1.05. The van der Waals surface area contributed by atoms with Crippen molar-refractivity contribution in [2.75, 3.05) is 5.32 Å². The van der Waals surface area contributed by atoms with Gasteiger partial charge >= 0.3 is 5.97 Å². The van der Waals surface area contributed by atoms with Crippen LogP contribution in [0.15, 0.2) is 24.5 Å². The fourth-order valence-electron chi connectivity index (χ4n) is 1.61. The molecule has 2 aromatic heterocycles. The highest BCUT2D eigenvalue weighted by Gasteiger charge is 2.18. The van der Waals surface area contributed by atoms with Gasteiger partial charge in [-0.3, -0.25) is 9.48 Å². The molecule has 0 saturated heterocycles. The topological polar surface area (TPSA) is 84.2 Å². The van der Waals surface area contributed by atoms with E-state index in [1.807, 2.05) is 0 Å². The van der Waals surface area contributed by atoms with Gasteiger partial charge in [0.15, 0.2) is 0 Å².